The molecule has 0 fully saturated rings. The van der Waals surface area contributed by atoms with Crippen molar-refractivity contribution in [2.45, 2.75) is 0 Å². The number of carbonyl (C=O) groups excluding carboxylic acids is 1. The summed E-state index contributed by atoms with van der Waals surface area (Å²) in [4.78, 5) is 10.7. The van der Waals surface area contributed by atoms with E-state index in [4.69, 9.17) is 5.84 Å². The summed E-state index contributed by atoms with van der Waals surface area (Å²) in [6.07, 6.45) is 0. The molecular formula is C5H9BN2O2S. The average molecular weight is 172 g/mol. The molecule has 0 rings (SSSR count). The Morgan fingerprint density at radius 2 is 2.45 bits per heavy atom. The Bertz CT molecular complexity index is 185. The predicted molar refractivity (Wildman–Crippen MR) is 48.4 cm³/mol. The van der Waals surface area contributed by atoms with Gasteiger partial charge >= 0.3 is 70.5 Å². The second kappa shape index (κ2) is 4.98. The number of nitrogens with two attached hydrogens (primary N) is 1. The maximum atomic E-state index is 10.7. The zero-order valence-corrected chi connectivity index (χ0v) is 7.06. The molecular weight excluding hydrogens is 163 g/mol. The molecule has 0 saturated carbocycles. The van der Waals surface area contributed by atoms with E-state index in [1.165, 1.54) is 14.0 Å². The van der Waals surface area contributed by atoms with Gasteiger partial charge in [0.25, 0.3) is 0 Å². The third-order valence-electron chi connectivity index (χ3n) is 0.963. The van der Waals surface area contributed by atoms with Crippen LogP contribution in [-0.4, -0.2) is 42.9 Å². The molecule has 0 aromatic rings. The number of ether oxygens (including phenoxy) is 1. The first-order chi connectivity index (χ1) is 5.11. The summed E-state index contributed by atoms with van der Waals surface area (Å²) < 4.78 is 4.60. The first kappa shape index (κ1) is 10.3. The first-order valence-electron chi connectivity index (χ1n) is 2.87. The van der Waals surface area contributed by atoms with Crippen molar-refractivity contribution in [2.75, 3.05) is 13.7 Å². The number of hydrogen-bond acceptors (Lipinski definition) is 4. The summed E-state index contributed by atoms with van der Waals surface area (Å²) in [6, 6.07) is 0. The van der Waals surface area contributed by atoms with Crippen molar-refractivity contribution in [1.82, 2.24) is 5.01 Å². The molecule has 0 spiro atoms. The van der Waals surface area contributed by atoms with Gasteiger partial charge in [-0.2, -0.15) is 0 Å². The summed E-state index contributed by atoms with van der Waals surface area (Å²) in [7, 11) is 1.39. The molecule has 0 atom stereocenters. The van der Waals surface area contributed by atoms with Gasteiger partial charge in [0.05, 0.1) is 0 Å². The molecule has 11 heavy (non-hydrogen) atoms. The van der Waals surface area contributed by atoms with Gasteiger partial charge in [0, 0.05) is 0 Å². The van der Waals surface area contributed by atoms with Crippen molar-refractivity contribution in [3.63, 3.8) is 0 Å². The van der Waals surface area contributed by atoms with E-state index in [-0.39, 0.29) is 17.4 Å². The van der Waals surface area contributed by atoms with E-state index in [1.54, 1.807) is 0 Å². The molecule has 0 amide bonds. The van der Waals surface area contributed by atoms with E-state index in [9.17, 15) is 4.79 Å². The van der Waals surface area contributed by atoms with Crippen LogP contribution in [0.1, 0.15) is 0 Å². The van der Waals surface area contributed by atoms with Crippen LogP contribution in [0.15, 0.2) is 0 Å². The second-order valence-corrected chi connectivity index (χ2v) is 2.12. The molecule has 0 aromatic carbocycles. The average Bonchev–Trinajstić information content (AvgIpc) is 2.02. The van der Waals surface area contributed by atoms with Crippen LogP contribution < -0.4 is 5.84 Å². The van der Waals surface area contributed by atoms with Crippen LogP contribution in [0.3, 0.4) is 0 Å². The van der Waals surface area contributed by atoms with Crippen LogP contribution in [0.5, 0.6) is 0 Å². The van der Waals surface area contributed by atoms with Gasteiger partial charge in [-0.25, -0.2) is 0 Å². The van der Waals surface area contributed by atoms with Crippen molar-refractivity contribution in [2.24, 2.45) is 5.84 Å². The van der Waals surface area contributed by atoms with Gasteiger partial charge in [-0.15, -0.1) is 0 Å². The normalized spacial score (nSPS) is 8.18. The van der Waals surface area contributed by atoms with Crippen LogP contribution in [0.2, 0.25) is 0 Å². The summed E-state index contributed by atoms with van der Waals surface area (Å²) in [6.45, 7) is 4.46. The van der Waals surface area contributed by atoms with Crippen molar-refractivity contribution < 1.29 is 9.53 Å². The van der Waals surface area contributed by atoms with E-state index in [1.807, 2.05) is 0 Å². The number of rotatable bonds is 3. The first-order valence-corrected chi connectivity index (χ1v) is 3.28. The third-order valence-corrected chi connectivity index (χ3v) is 1.36. The van der Waals surface area contributed by atoms with E-state index < -0.39 is 0 Å². The number of carbonyl (C=O) groups is 1. The van der Waals surface area contributed by atoms with Gasteiger partial charge in [0.15, 0.2) is 0 Å². The van der Waals surface area contributed by atoms with Gasteiger partial charge in [-0.1, -0.05) is 0 Å². The number of thiocarbonyl (C=S) groups is 1. The minimum atomic E-state index is -0.202. The molecule has 0 aliphatic rings. The number of hydrogen-bond donors (Lipinski definition) is 1. The molecule has 0 heterocycles. The minimum absolute atomic E-state index is 0.00380. The van der Waals surface area contributed by atoms with Crippen LogP contribution >= 0.6 is 12.2 Å². The monoisotopic (exact) mass is 172 g/mol. The molecule has 60 valence electrons. The third kappa shape index (κ3) is 3.85. The quantitative estimate of drug-likeness (QED) is 0.249. The van der Waals surface area contributed by atoms with Gasteiger partial charge in [0.1, 0.15) is 0 Å². The van der Waals surface area contributed by atoms with Crippen molar-refractivity contribution in [3.05, 3.63) is 0 Å². The predicted octanol–water partition coefficient (Wildman–Crippen LogP) is -1.24. The number of methoxy groups -OCH3 is 1. The van der Waals surface area contributed by atoms with E-state index in [0.29, 0.717) is 0 Å². The molecule has 0 saturated heterocycles. The van der Waals surface area contributed by atoms with Crippen LogP contribution in [0, 0.1) is 0 Å². The zero-order chi connectivity index (χ0) is 8.85. The van der Waals surface area contributed by atoms with Crippen molar-refractivity contribution >= 4 is 36.5 Å². The molecule has 0 bridgehead atoms. The topological polar surface area (TPSA) is 55.6 Å². The summed E-state index contributed by atoms with van der Waals surface area (Å²) in [5.41, 5.74) is -0.202. The van der Waals surface area contributed by atoms with Crippen molar-refractivity contribution in [1.29, 1.82) is 0 Å². The summed E-state index contributed by atoms with van der Waals surface area (Å²) >= 11 is 4.64. The van der Waals surface area contributed by atoms with E-state index in [2.05, 4.69) is 23.4 Å². The van der Waals surface area contributed by atoms with Gasteiger partial charge in [-0.3, -0.25) is 0 Å². The number of hydrazine groups is 1. The van der Waals surface area contributed by atoms with Gasteiger partial charge in [-0.05, 0) is 0 Å². The summed E-state index contributed by atoms with van der Waals surface area (Å²) in [5.74, 6) is 5.30. The SMILES string of the molecule is C=BC(=O)CN(N)C(=S)OC. The molecule has 0 aromatic heterocycles. The van der Waals surface area contributed by atoms with Gasteiger partial charge in [0.2, 0.25) is 0 Å². The molecule has 0 aliphatic carbocycles. The molecule has 4 nitrogen and oxygen atoms in total. The molecule has 2 N–H and O–H groups in total. The van der Waals surface area contributed by atoms with Gasteiger partial charge < -0.3 is 0 Å². The van der Waals surface area contributed by atoms with Crippen LogP contribution in [-0.2, 0) is 9.53 Å². The van der Waals surface area contributed by atoms with E-state index in [0.717, 1.165) is 5.01 Å². The zero-order valence-electron chi connectivity index (χ0n) is 6.24. The molecule has 0 unspecified atom stereocenters. The van der Waals surface area contributed by atoms with Crippen LogP contribution in [0.4, 0.5) is 0 Å². The Labute approximate surface area is 71.2 Å². The Kier molecular flexibility index (Phi) is 4.64. The Morgan fingerprint density at radius 1 is 1.91 bits per heavy atom. The Balaban J connectivity index is 3.86. The summed E-state index contributed by atoms with van der Waals surface area (Å²) in [5, 5.41) is 1.12. The Hall–Kier alpha value is -0.745. The fourth-order valence-corrected chi connectivity index (χ4v) is 0.479. The van der Waals surface area contributed by atoms with E-state index >= 15 is 0 Å². The Morgan fingerprint density at radius 3 is 2.82 bits per heavy atom. The molecule has 6 heteroatoms. The van der Waals surface area contributed by atoms with Crippen LogP contribution in [0.25, 0.3) is 0 Å². The molecule has 0 aliphatic heterocycles. The fourth-order valence-electron chi connectivity index (χ4n) is 0.414. The molecule has 0 radical (unpaired) electrons. The van der Waals surface area contributed by atoms with Crippen molar-refractivity contribution in [3.8, 4) is 0 Å². The fraction of sp³-hybridized carbons (Fsp3) is 0.400. The second-order valence-electron chi connectivity index (χ2n) is 1.77. The standard InChI is InChI=1S/C5H9BN2O2S/c1-6-4(9)3-8(7)5(11)10-2/h1,3,7H2,2H3. The number of nitrogens with zero attached hydrogens (tertiary/aromatic N) is 1. The maximum absolute atomic E-state index is 10.7.